The lowest BCUT2D eigenvalue weighted by molar-refractivity contribution is 0.0954. The number of nitrogens with one attached hydrogen (secondary N) is 1. The summed E-state index contributed by atoms with van der Waals surface area (Å²) in [6.45, 7) is 7.12. The predicted molar refractivity (Wildman–Crippen MR) is 85.4 cm³/mol. The van der Waals surface area contributed by atoms with Crippen LogP contribution < -0.4 is 5.32 Å². The first-order valence-corrected chi connectivity index (χ1v) is 7.24. The molecule has 1 heterocycles. The smallest absolute Gasteiger partial charge is 0.251 e. The number of pyridine rings is 1. The normalized spacial score (nSPS) is 11.2. The maximum atomic E-state index is 12.1. The largest absolute Gasteiger partial charge is 0.352 e. The third-order valence-electron chi connectivity index (χ3n) is 3.46. The van der Waals surface area contributed by atoms with Crippen molar-refractivity contribution < 1.29 is 4.79 Å². The van der Waals surface area contributed by atoms with E-state index in [1.807, 2.05) is 36.4 Å². The molecule has 0 aliphatic rings. The van der Waals surface area contributed by atoms with E-state index in [0.717, 1.165) is 6.42 Å². The van der Waals surface area contributed by atoms with Crippen LogP contribution >= 0.6 is 0 Å². The summed E-state index contributed by atoms with van der Waals surface area (Å²) in [5.74, 6) is -0.0236. The number of aromatic nitrogens is 1. The molecule has 2 rings (SSSR count). The van der Waals surface area contributed by atoms with E-state index in [1.165, 1.54) is 11.1 Å². The zero-order chi connectivity index (χ0) is 15.3. The van der Waals surface area contributed by atoms with Crippen molar-refractivity contribution in [2.24, 2.45) is 0 Å². The first-order chi connectivity index (χ1) is 9.97. The summed E-state index contributed by atoms with van der Waals surface area (Å²) in [7, 11) is 0. The fourth-order valence-electron chi connectivity index (χ4n) is 2.09. The lowest BCUT2D eigenvalue weighted by atomic mass is 9.87. The molecule has 0 aliphatic carbocycles. The van der Waals surface area contributed by atoms with E-state index in [0.29, 0.717) is 12.1 Å². The van der Waals surface area contributed by atoms with Crippen LogP contribution in [0.1, 0.15) is 42.3 Å². The van der Waals surface area contributed by atoms with Gasteiger partial charge in [-0.05, 0) is 47.2 Å². The molecule has 1 amide bonds. The van der Waals surface area contributed by atoms with Crippen LogP contribution in [0.2, 0.25) is 0 Å². The minimum Gasteiger partial charge on any atom is -0.352 e. The molecule has 0 atom stereocenters. The number of rotatable bonds is 4. The summed E-state index contributed by atoms with van der Waals surface area (Å²) in [5, 5.41) is 2.95. The zero-order valence-corrected chi connectivity index (χ0v) is 12.9. The van der Waals surface area contributed by atoms with Crippen LogP contribution in [0.25, 0.3) is 0 Å². The van der Waals surface area contributed by atoms with Gasteiger partial charge in [0.15, 0.2) is 0 Å². The Labute approximate surface area is 126 Å². The molecular formula is C18H22N2O. The van der Waals surface area contributed by atoms with Gasteiger partial charge in [0, 0.05) is 24.5 Å². The van der Waals surface area contributed by atoms with Crippen molar-refractivity contribution in [3.8, 4) is 0 Å². The number of hydrogen-bond acceptors (Lipinski definition) is 2. The predicted octanol–water partition coefficient (Wildman–Crippen LogP) is 3.35. The average Bonchev–Trinajstić information content (AvgIpc) is 2.47. The minimum atomic E-state index is -0.0236. The second-order valence-electron chi connectivity index (χ2n) is 6.19. The topological polar surface area (TPSA) is 42.0 Å². The van der Waals surface area contributed by atoms with Crippen molar-refractivity contribution in [2.75, 3.05) is 6.54 Å². The van der Waals surface area contributed by atoms with E-state index >= 15 is 0 Å². The number of amides is 1. The van der Waals surface area contributed by atoms with E-state index < -0.39 is 0 Å². The third-order valence-corrected chi connectivity index (χ3v) is 3.46. The van der Waals surface area contributed by atoms with E-state index in [4.69, 9.17) is 0 Å². The molecule has 0 spiro atoms. The maximum absolute atomic E-state index is 12.1. The van der Waals surface area contributed by atoms with Crippen molar-refractivity contribution in [2.45, 2.75) is 32.6 Å². The van der Waals surface area contributed by atoms with E-state index in [-0.39, 0.29) is 11.3 Å². The molecule has 0 unspecified atom stereocenters. The Morgan fingerprint density at radius 3 is 2.24 bits per heavy atom. The van der Waals surface area contributed by atoms with Crippen molar-refractivity contribution in [1.29, 1.82) is 0 Å². The monoisotopic (exact) mass is 282 g/mol. The van der Waals surface area contributed by atoms with Gasteiger partial charge in [-0.15, -0.1) is 0 Å². The fourth-order valence-corrected chi connectivity index (χ4v) is 2.09. The van der Waals surface area contributed by atoms with Crippen molar-refractivity contribution >= 4 is 5.91 Å². The van der Waals surface area contributed by atoms with Crippen LogP contribution in [-0.2, 0) is 11.8 Å². The summed E-state index contributed by atoms with van der Waals surface area (Å²) in [6.07, 6.45) is 4.35. The lowest BCUT2D eigenvalue weighted by Crippen LogP contribution is -2.25. The molecule has 21 heavy (non-hydrogen) atoms. The Bertz CT molecular complexity index is 583. The Morgan fingerprint density at radius 1 is 1.05 bits per heavy atom. The molecule has 2 aromatic rings. The van der Waals surface area contributed by atoms with Crippen LogP contribution in [0.3, 0.4) is 0 Å². The average molecular weight is 282 g/mol. The Hall–Kier alpha value is -2.16. The molecule has 0 radical (unpaired) electrons. The van der Waals surface area contributed by atoms with E-state index in [9.17, 15) is 4.79 Å². The molecule has 0 fully saturated rings. The van der Waals surface area contributed by atoms with Crippen LogP contribution in [0.15, 0.2) is 48.8 Å². The molecule has 110 valence electrons. The van der Waals surface area contributed by atoms with Crippen LogP contribution in [-0.4, -0.2) is 17.4 Å². The molecule has 1 aromatic carbocycles. The summed E-state index contributed by atoms with van der Waals surface area (Å²) in [5.41, 5.74) is 3.22. The van der Waals surface area contributed by atoms with Crippen molar-refractivity contribution in [3.63, 3.8) is 0 Å². The van der Waals surface area contributed by atoms with Gasteiger partial charge in [0.05, 0.1) is 0 Å². The van der Waals surface area contributed by atoms with Gasteiger partial charge in [0.2, 0.25) is 0 Å². The summed E-state index contributed by atoms with van der Waals surface area (Å²) in [6, 6.07) is 11.8. The molecule has 1 aromatic heterocycles. The van der Waals surface area contributed by atoms with Gasteiger partial charge in [-0.2, -0.15) is 0 Å². The SMILES string of the molecule is CC(C)(C)c1ccc(C(=O)NCCc2ccncc2)cc1. The molecule has 3 heteroatoms. The van der Waals surface area contributed by atoms with Crippen molar-refractivity contribution in [3.05, 3.63) is 65.5 Å². The zero-order valence-electron chi connectivity index (χ0n) is 12.9. The second kappa shape index (κ2) is 6.53. The number of hydrogen-bond donors (Lipinski definition) is 1. The molecule has 0 saturated heterocycles. The highest BCUT2D eigenvalue weighted by Gasteiger charge is 2.14. The van der Waals surface area contributed by atoms with E-state index in [2.05, 4.69) is 31.1 Å². The molecule has 0 saturated carbocycles. The maximum Gasteiger partial charge on any atom is 0.251 e. The Morgan fingerprint density at radius 2 is 1.67 bits per heavy atom. The molecule has 0 bridgehead atoms. The number of nitrogens with zero attached hydrogens (tertiary/aromatic N) is 1. The van der Waals surface area contributed by atoms with Gasteiger partial charge < -0.3 is 5.32 Å². The summed E-state index contributed by atoms with van der Waals surface area (Å²) >= 11 is 0. The van der Waals surface area contributed by atoms with Gasteiger partial charge in [-0.1, -0.05) is 32.9 Å². The summed E-state index contributed by atoms with van der Waals surface area (Å²) < 4.78 is 0. The number of carbonyl (C=O) groups is 1. The molecule has 1 N–H and O–H groups in total. The van der Waals surface area contributed by atoms with Gasteiger partial charge in [-0.3, -0.25) is 9.78 Å². The number of benzene rings is 1. The van der Waals surface area contributed by atoms with Crippen LogP contribution in [0.5, 0.6) is 0 Å². The van der Waals surface area contributed by atoms with Crippen LogP contribution in [0.4, 0.5) is 0 Å². The molecule has 3 nitrogen and oxygen atoms in total. The highest BCUT2D eigenvalue weighted by atomic mass is 16.1. The number of carbonyl (C=O) groups excluding carboxylic acids is 1. The van der Waals surface area contributed by atoms with Gasteiger partial charge in [0.25, 0.3) is 5.91 Å². The Kier molecular flexibility index (Phi) is 4.73. The second-order valence-corrected chi connectivity index (χ2v) is 6.19. The summed E-state index contributed by atoms with van der Waals surface area (Å²) in [4.78, 5) is 16.0. The van der Waals surface area contributed by atoms with E-state index in [1.54, 1.807) is 12.4 Å². The Balaban J connectivity index is 1.89. The molecular weight excluding hydrogens is 260 g/mol. The van der Waals surface area contributed by atoms with Gasteiger partial charge >= 0.3 is 0 Å². The fraction of sp³-hybridized carbons (Fsp3) is 0.333. The minimum absolute atomic E-state index is 0.0236. The third kappa shape index (κ3) is 4.42. The quantitative estimate of drug-likeness (QED) is 0.934. The van der Waals surface area contributed by atoms with Crippen LogP contribution in [0, 0.1) is 0 Å². The molecule has 0 aliphatic heterocycles. The highest BCUT2D eigenvalue weighted by Crippen LogP contribution is 2.22. The standard InChI is InChI=1S/C18H22N2O/c1-18(2,3)16-6-4-15(5-7-16)17(21)20-13-10-14-8-11-19-12-9-14/h4-9,11-12H,10,13H2,1-3H3,(H,20,21). The first kappa shape index (κ1) is 15.2. The van der Waals surface area contributed by atoms with Crippen molar-refractivity contribution in [1.82, 2.24) is 10.3 Å². The first-order valence-electron chi connectivity index (χ1n) is 7.24. The van der Waals surface area contributed by atoms with Gasteiger partial charge in [0.1, 0.15) is 0 Å². The highest BCUT2D eigenvalue weighted by molar-refractivity contribution is 5.94. The lowest BCUT2D eigenvalue weighted by Gasteiger charge is -2.19. The van der Waals surface area contributed by atoms with Gasteiger partial charge in [-0.25, -0.2) is 0 Å².